The highest BCUT2D eigenvalue weighted by molar-refractivity contribution is 5.77. The van der Waals surface area contributed by atoms with Crippen LogP contribution in [0.25, 0.3) is 11.1 Å². The van der Waals surface area contributed by atoms with Gasteiger partial charge in [-0.05, 0) is 30.5 Å². The van der Waals surface area contributed by atoms with Crippen LogP contribution in [0.3, 0.4) is 0 Å². The molecule has 1 aliphatic rings. The summed E-state index contributed by atoms with van der Waals surface area (Å²) in [6.45, 7) is 2.33. The molecule has 1 N–H and O–H groups in total. The van der Waals surface area contributed by atoms with Crippen molar-refractivity contribution in [2.45, 2.75) is 18.8 Å². The van der Waals surface area contributed by atoms with Crippen LogP contribution >= 0.6 is 0 Å². The number of rotatable bonds is 7. The van der Waals surface area contributed by atoms with E-state index in [0.717, 1.165) is 36.2 Å². The second-order valence-electron chi connectivity index (χ2n) is 6.43. The molecular formula is C19H24FN3O3. The molecule has 1 aromatic heterocycles. The molecular weight excluding hydrogens is 337 g/mol. The van der Waals surface area contributed by atoms with Crippen LogP contribution in [-0.4, -0.2) is 61.0 Å². The molecule has 1 fully saturated rings. The van der Waals surface area contributed by atoms with Crippen LogP contribution in [0.5, 0.6) is 0 Å². The zero-order valence-electron chi connectivity index (χ0n) is 14.9. The van der Waals surface area contributed by atoms with Crippen molar-refractivity contribution in [1.82, 2.24) is 15.1 Å². The first-order valence-electron chi connectivity index (χ1n) is 8.82. The summed E-state index contributed by atoms with van der Waals surface area (Å²) >= 11 is 0. The smallest absolute Gasteiger partial charge is 0.248 e. The molecule has 0 bridgehead atoms. The van der Waals surface area contributed by atoms with E-state index in [4.69, 9.17) is 9.47 Å². The highest BCUT2D eigenvalue weighted by Gasteiger charge is 2.27. The van der Waals surface area contributed by atoms with E-state index in [1.807, 2.05) is 4.90 Å². The number of aromatic nitrogens is 2. The Morgan fingerprint density at radius 3 is 2.92 bits per heavy atom. The van der Waals surface area contributed by atoms with Gasteiger partial charge < -0.3 is 14.4 Å². The van der Waals surface area contributed by atoms with Gasteiger partial charge in [0.05, 0.1) is 19.4 Å². The number of likely N-dealkylation sites (tertiary alicyclic amines) is 1. The molecule has 7 heteroatoms. The third-order valence-corrected chi connectivity index (χ3v) is 4.66. The van der Waals surface area contributed by atoms with E-state index in [2.05, 4.69) is 10.2 Å². The lowest BCUT2D eigenvalue weighted by Crippen LogP contribution is -2.41. The van der Waals surface area contributed by atoms with Gasteiger partial charge in [0.25, 0.3) is 0 Å². The molecule has 0 saturated carbocycles. The van der Waals surface area contributed by atoms with Crippen LogP contribution in [0.1, 0.15) is 24.5 Å². The Balaban J connectivity index is 1.66. The monoisotopic (exact) mass is 361 g/mol. The molecule has 0 radical (unpaired) electrons. The summed E-state index contributed by atoms with van der Waals surface area (Å²) in [4.78, 5) is 14.2. The number of piperidine rings is 1. The van der Waals surface area contributed by atoms with Crippen molar-refractivity contribution in [2.75, 3.05) is 40.0 Å². The molecule has 0 aliphatic carbocycles. The molecule has 1 saturated heterocycles. The molecule has 1 atom stereocenters. The minimum absolute atomic E-state index is 0.00588. The lowest BCUT2D eigenvalue weighted by molar-refractivity contribution is -0.137. The standard InChI is InChI=1S/C19H24FN3O3/c1-25-9-10-26-13-18(24)23-8-2-3-15(12-23)19-17(11-21-22-19)14-4-6-16(20)7-5-14/h4-7,11,15H,2-3,8-10,12-13H2,1H3,(H,21,22)/t15-/m0/s1. The molecule has 140 valence electrons. The van der Waals surface area contributed by atoms with E-state index in [0.29, 0.717) is 19.8 Å². The Labute approximate surface area is 152 Å². The number of aromatic amines is 1. The van der Waals surface area contributed by atoms with Gasteiger partial charge in [-0.25, -0.2) is 4.39 Å². The molecule has 1 amide bonds. The van der Waals surface area contributed by atoms with Crippen molar-refractivity contribution in [3.8, 4) is 11.1 Å². The summed E-state index contributed by atoms with van der Waals surface area (Å²) in [5.41, 5.74) is 2.87. The second kappa shape index (κ2) is 8.91. The van der Waals surface area contributed by atoms with Gasteiger partial charge in [-0.15, -0.1) is 0 Å². The molecule has 26 heavy (non-hydrogen) atoms. The predicted octanol–water partition coefficient (Wildman–Crippen LogP) is 2.58. The highest BCUT2D eigenvalue weighted by Crippen LogP contribution is 2.33. The molecule has 1 aliphatic heterocycles. The van der Waals surface area contributed by atoms with Crippen molar-refractivity contribution in [3.05, 3.63) is 42.0 Å². The van der Waals surface area contributed by atoms with E-state index < -0.39 is 0 Å². The van der Waals surface area contributed by atoms with E-state index >= 15 is 0 Å². The summed E-state index contributed by atoms with van der Waals surface area (Å²) in [5, 5.41) is 7.25. The second-order valence-corrected chi connectivity index (χ2v) is 6.43. The van der Waals surface area contributed by atoms with Gasteiger partial charge in [0, 0.05) is 37.4 Å². The number of H-pyrrole nitrogens is 1. The number of ether oxygens (including phenoxy) is 2. The topological polar surface area (TPSA) is 67.5 Å². The average Bonchev–Trinajstić information content (AvgIpc) is 3.15. The predicted molar refractivity (Wildman–Crippen MR) is 95.2 cm³/mol. The highest BCUT2D eigenvalue weighted by atomic mass is 19.1. The minimum atomic E-state index is -0.262. The lowest BCUT2D eigenvalue weighted by atomic mass is 9.90. The molecule has 3 rings (SSSR count). The molecule has 0 spiro atoms. The summed E-state index contributed by atoms with van der Waals surface area (Å²) in [7, 11) is 1.60. The van der Waals surface area contributed by atoms with Gasteiger partial charge in [0.15, 0.2) is 0 Å². The maximum atomic E-state index is 13.2. The maximum absolute atomic E-state index is 13.2. The Morgan fingerprint density at radius 2 is 2.15 bits per heavy atom. The third-order valence-electron chi connectivity index (χ3n) is 4.66. The van der Waals surface area contributed by atoms with Crippen LogP contribution in [0.4, 0.5) is 4.39 Å². The quantitative estimate of drug-likeness (QED) is 0.770. The summed E-state index contributed by atoms with van der Waals surface area (Å²) < 4.78 is 23.4. The zero-order valence-corrected chi connectivity index (χ0v) is 14.9. The Hall–Kier alpha value is -2.25. The van der Waals surface area contributed by atoms with Crippen molar-refractivity contribution in [3.63, 3.8) is 0 Å². The molecule has 2 heterocycles. The van der Waals surface area contributed by atoms with Crippen LogP contribution < -0.4 is 0 Å². The van der Waals surface area contributed by atoms with Gasteiger partial charge >= 0.3 is 0 Å². The minimum Gasteiger partial charge on any atom is -0.382 e. The van der Waals surface area contributed by atoms with Crippen LogP contribution in [0.15, 0.2) is 30.5 Å². The number of carbonyl (C=O) groups is 1. The Kier molecular flexibility index (Phi) is 6.35. The third kappa shape index (κ3) is 4.47. The van der Waals surface area contributed by atoms with Gasteiger partial charge in [0.2, 0.25) is 5.91 Å². The number of nitrogens with zero attached hydrogens (tertiary/aromatic N) is 2. The van der Waals surface area contributed by atoms with Crippen LogP contribution in [0, 0.1) is 5.82 Å². The number of hydrogen-bond donors (Lipinski definition) is 1. The van der Waals surface area contributed by atoms with Gasteiger partial charge in [-0.1, -0.05) is 12.1 Å². The number of amides is 1. The van der Waals surface area contributed by atoms with Crippen LogP contribution in [-0.2, 0) is 14.3 Å². The van der Waals surface area contributed by atoms with Gasteiger partial charge in [-0.2, -0.15) is 5.10 Å². The number of carbonyl (C=O) groups excluding carboxylic acids is 1. The first kappa shape index (κ1) is 18.5. The first-order chi connectivity index (χ1) is 12.7. The zero-order chi connectivity index (χ0) is 18.4. The number of methoxy groups -OCH3 is 1. The number of halogens is 1. The summed E-state index contributed by atoms with van der Waals surface area (Å²) in [6.07, 6.45) is 3.66. The summed E-state index contributed by atoms with van der Waals surface area (Å²) in [6, 6.07) is 6.39. The van der Waals surface area contributed by atoms with Crippen molar-refractivity contribution in [1.29, 1.82) is 0 Å². The van der Waals surface area contributed by atoms with E-state index in [1.165, 1.54) is 12.1 Å². The fourth-order valence-electron chi connectivity index (χ4n) is 3.30. The van der Waals surface area contributed by atoms with Crippen molar-refractivity contribution < 1.29 is 18.7 Å². The fourth-order valence-corrected chi connectivity index (χ4v) is 3.30. The largest absolute Gasteiger partial charge is 0.382 e. The average molecular weight is 361 g/mol. The number of nitrogens with one attached hydrogen (secondary N) is 1. The molecule has 6 nitrogen and oxygen atoms in total. The number of benzene rings is 1. The van der Waals surface area contributed by atoms with E-state index in [9.17, 15) is 9.18 Å². The van der Waals surface area contributed by atoms with Gasteiger partial charge in [-0.3, -0.25) is 9.89 Å². The lowest BCUT2D eigenvalue weighted by Gasteiger charge is -2.32. The molecule has 2 aromatic rings. The van der Waals surface area contributed by atoms with E-state index in [-0.39, 0.29) is 24.2 Å². The maximum Gasteiger partial charge on any atom is 0.248 e. The van der Waals surface area contributed by atoms with Gasteiger partial charge in [0.1, 0.15) is 12.4 Å². The Bertz CT molecular complexity index is 717. The molecule has 1 aromatic carbocycles. The van der Waals surface area contributed by atoms with Crippen molar-refractivity contribution >= 4 is 5.91 Å². The van der Waals surface area contributed by atoms with Crippen LogP contribution in [0.2, 0.25) is 0 Å². The normalized spacial score (nSPS) is 17.5. The summed E-state index contributed by atoms with van der Waals surface area (Å²) in [5.74, 6) is -0.0930. The van der Waals surface area contributed by atoms with E-state index in [1.54, 1.807) is 25.4 Å². The SMILES string of the molecule is COCCOCC(=O)N1CCC[C@H](c2[nH]ncc2-c2ccc(F)cc2)C1. The fraction of sp³-hybridized carbons (Fsp3) is 0.474. The van der Waals surface area contributed by atoms with Crippen molar-refractivity contribution in [2.24, 2.45) is 0 Å². The molecule has 0 unspecified atom stereocenters. The Morgan fingerprint density at radius 1 is 1.35 bits per heavy atom. The number of hydrogen-bond acceptors (Lipinski definition) is 4. The first-order valence-corrected chi connectivity index (χ1v) is 8.82.